The van der Waals surface area contributed by atoms with Gasteiger partial charge in [-0.1, -0.05) is 24.3 Å². The highest BCUT2D eigenvalue weighted by Crippen LogP contribution is 2.36. The van der Waals surface area contributed by atoms with Gasteiger partial charge in [0.25, 0.3) is 10.0 Å². The number of hydrogen-bond donors (Lipinski definition) is 1. The largest absolute Gasteiger partial charge is 0.398 e. The molecule has 5 nitrogen and oxygen atoms in total. The van der Waals surface area contributed by atoms with Crippen LogP contribution in [0, 0.1) is 0 Å². The van der Waals surface area contributed by atoms with Crippen LogP contribution in [0.15, 0.2) is 53.4 Å². The van der Waals surface area contributed by atoms with Crippen molar-refractivity contribution < 1.29 is 8.42 Å². The number of fused-ring (bicyclic) bond motifs is 1. The molecule has 2 aromatic rings. The molecule has 0 aliphatic carbocycles. The molecule has 110 valence electrons. The Labute approximate surface area is 124 Å². The summed E-state index contributed by atoms with van der Waals surface area (Å²) in [4.78, 5) is 2.21. The molecule has 0 saturated heterocycles. The van der Waals surface area contributed by atoms with Crippen molar-refractivity contribution in [3.05, 3.63) is 48.5 Å². The number of para-hydroxylation sites is 3. The van der Waals surface area contributed by atoms with Gasteiger partial charge >= 0.3 is 0 Å². The summed E-state index contributed by atoms with van der Waals surface area (Å²) < 4.78 is 27.2. The quantitative estimate of drug-likeness (QED) is 0.861. The average molecular weight is 303 g/mol. The van der Waals surface area contributed by atoms with Gasteiger partial charge in [0.05, 0.1) is 23.6 Å². The van der Waals surface area contributed by atoms with E-state index in [9.17, 15) is 8.42 Å². The molecule has 1 aliphatic heterocycles. The second-order valence-electron chi connectivity index (χ2n) is 5.03. The summed E-state index contributed by atoms with van der Waals surface area (Å²) in [5.41, 5.74) is 7.71. The van der Waals surface area contributed by atoms with Gasteiger partial charge in [0.1, 0.15) is 4.90 Å². The van der Waals surface area contributed by atoms with Crippen LogP contribution in [-0.4, -0.2) is 28.6 Å². The molecule has 0 bridgehead atoms. The topological polar surface area (TPSA) is 66.6 Å². The first-order valence-electron chi connectivity index (χ1n) is 6.69. The second-order valence-corrected chi connectivity index (χ2v) is 6.86. The predicted octanol–water partition coefficient (Wildman–Crippen LogP) is 1.91. The zero-order valence-corrected chi connectivity index (χ0v) is 12.5. The minimum atomic E-state index is -3.65. The minimum absolute atomic E-state index is 0.157. The van der Waals surface area contributed by atoms with Crippen molar-refractivity contribution in [2.24, 2.45) is 0 Å². The van der Waals surface area contributed by atoms with Crippen molar-refractivity contribution in [2.45, 2.75) is 4.90 Å². The maximum Gasteiger partial charge on any atom is 0.266 e. The lowest BCUT2D eigenvalue weighted by atomic mass is 10.2. The molecular weight excluding hydrogens is 286 g/mol. The third-order valence-corrected chi connectivity index (χ3v) is 5.57. The molecule has 2 aromatic carbocycles. The lowest BCUT2D eigenvalue weighted by Gasteiger charge is -2.36. The fraction of sp³-hybridized carbons (Fsp3) is 0.200. The molecule has 0 spiro atoms. The third-order valence-electron chi connectivity index (χ3n) is 3.69. The Morgan fingerprint density at radius 3 is 2.29 bits per heavy atom. The summed E-state index contributed by atoms with van der Waals surface area (Å²) in [6.07, 6.45) is 0. The van der Waals surface area contributed by atoms with Crippen LogP contribution in [0.4, 0.5) is 17.1 Å². The molecule has 0 atom stereocenters. The Balaban J connectivity index is 2.14. The molecule has 2 N–H and O–H groups in total. The van der Waals surface area contributed by atoms with E-state index in [1.165, 1.54) is 4.31 Å². The van der Waals surface area contributed by atoms with Crippen molar-refractivity contribution in [2.75, 3.05) is 35.1 Å². The lowest BCUT2D eigenvalue weighted by molar-refractivity contribution is 0.589. The number of benzene rings is 2. The Morgan fingerprint density at radius 1 is 0.952 bits per heavy atom. The van der Waals surface area contributed by atoms with E-state index in [2.05, 4.69) is 4.90 Å². The van der Waals surface area contributed by atoms with Crippen LogP contribution < -0.4 is 14.9 Å². The summed E-state index contributed by atoms with van der Waals surface area (Å²) in [6, 6.07) is 14.1. The molecule has 21 heavy (non-hydrogen) atoms. The summed E-state index contributed by atoms with van der Waals surface area (Å²) >= 11 is 0. The highest BCUT2D eigenvalue weighted by Gasteiger charge is 2.31. The molecular formula is C15H17N3O2S. The van der Waals surface area contributed by atoms with Crippen molar-refractivity contribution in [3.8, 4) is 0 Å². The molecule has 0 fully saturated rings. The summed E-state index contributed by atoms with van der Waals surface area (Å²) in [5.74, 6) is 0. The van der Waals surface area contributed by atoms with Gasteiger partial charge in [-0.2, -0.15) is 0 Å². The molecule has 1 aliphatic rings. The van der Waals surface area contributed by atoms with Gasteiger partial charge in [-0.25, -0.2) is 8.42 Å². The molecule has 6 heteroatoms. The Morgan fingerprint density at radius 2 is 1.57 bits per heavy atom. The Kier molecular flexibility index (Phi) is 3.25. The van der Waals surface area contributed by atoms with E-state index in [4.69, 9.17) is 5.73 Å². The van der Waals surface area contributed by atoms with Crippen LogP contribution in [0.5, 0.6) is 0 Å². The monoisotopic (exact) mass is 303 g/mol. The first kappa shape index (κ1) is 13.8. The highest BCUT2D eigenvalue weighted by atomic mass is 32.2. The third kappa shape index (κ3) is 2.21. The summed E-state index contributed by atoms with van der Waals surface area (Å²) in [5, 5.41) is 0. The number of rotatable bonds is 2. The van der Waals surface area contributed by atoms with Crippen molar-refractivity contribution in [3.63, 3.8) is 0 Å². The fourth-order valence-electron chi connectivity index (χ4n) is 2.56. The van der Waals surface area contributed by atoms with Crippen LogP contribution in [0.3, 0.4) is 0 Å². The van der Waals surface area contributed by atoms with Gasteiger partial charge < -0.3 is 10.6 Å². The first-order valence-corrected chi connectivity index (χ1v) is 8.13. The summed E-state index contributed by atoms with van der Waals surface area (Å²) in [6.45, 7) is 1.05. The van der Waals surface area contributed by atoms with Gasteiger partial charge in [0.2, 0.25) is 0 Å². The van der Waals surface area contributed by atoms with Crippen LogP contribution in [0.1, 0.15) is 0 Å². The highest BCUT2D eigenvalue weighted by molar-refractivity contribution is 7.93. The van der Waals surface area contributed by atoms with E-state index in [0.717, 1.165) is 5.69 Å². The van der Waals surface area contributed by atoms with E-state index >= 15 is 0 Å². The molecule has 3 rings (SSSR count). The number of anilines is 3. The van der Waals surface area contributed by atoms with Crippen molar-refractivity contribution in [1.29, 1.82) is 0 Å². The van der Waals surface area contributed by atoms with Gasteiger partial charge in [-0.05, 0) is 24.3 Å². The van der Waals surface area contributed by atoms with E-state index in [-0.39, 0.29) is 10.6 Å². The molecule has 0 aromatic heterocycles. The Bertz CT molecular complexity index is 774. The smallest absolute Gasteiger partial charge is 0.266 e. The maximum absolute atomic E-state index is 12.9. The number of nitrogen functional groups attached to an aromatic ring is 1. The Hall–Kier alpha value is -2.21. The normalized spacial score (nSPS) is 14.9. The van der Waals surface area contributed by atoms with Crippen LogP contribution >= 0.6 is 0 Å². The zero-order chi connectivity index (χ0) is 15.0. The SMILES string of the molecule is CN1CCN(S(=O)(=O)c2ccccc2N)c2ccccc21. The number of sulfonamides is 1. The molecule has 0 unspecified atom stereocenters. The van der Waals surface area contributed by atoms with E-state index in [1.54, 1.807) is 24.3 Å². The van der Waals surface area contributed by atoms with Gasteiger partial charge in [-0.3, -0.25) is 4.31 Å². The molecule has 1 heterocycles. The first-order chi connectivity index (χ1) is 10.0. The lowest BCUT2D eigenvalue weighted by Crippen LogP contribution is -2.42. The van der Waals surface area contributed by atoms with Gasteiger partial charge in [0.15, 0.2) is 0 Å². The standard InChI is InChI=1S/C15H17N3O2S/c1-17-10-11-18(14-8-4-3-7-13(14)17)21(19,20)15-9-5-2-6-12(15)16/h2-9H,10-11,16H2,1H3. The summed E-state index contributed by atoms with van der Waals surface area (Å²) in [7, 11) is -1.69. The predicted molar refractivity (Wildman–Crippen MR) is 85.1 cm³/mol. The molecule has 0 radical (unpaired) electrons. The van der Waals surface area contributed by atoms with Gasteiger partial charge in [0, 0.05) is 13.6 Å². The minimum Gasteiger partial charge on any atom is -0.398 e. The molecule has 0 amide bonds. The number of nitrogens with zero attached hydrogens (tertiary/aromatic N) is 2. The number of hydrogen-bond acceptors (Lipinski definition) is 4. The number of nitrogens with two attached hydrogens (primary N) is 1. The van der Waals surface area contributed by atoms with E-state index < -0.39 is 10.0 Å². The fourth-order valence-corrected chi connectivity index (χ4v) is 4.15. The zero-order valence-electron chi connectivity index (χ0n) is 11.7. The second kappa shape index (κ2) is 4.96. The average Bonchev–Trinajstić information content (AvgIpc) is 2.48. The van der Waals surface area contributed by atoms with Crippen LogP contribution in [-0.2, 0) is 10.0 Å². The van der Waals surface area contributed by atoms with E-state index in [1.807, 2.05) is 31.3 Å². The van der Waals surface area contributed by atoms with E-state index in [0.29, 0.717) is 18.8 Å². The van der Waals surface area contributed by atoms with Crippen LogP contribution in [0.25, 0.3) is 0 Å². The molecule has 0 saturated carbocycles. The van der Waals surface area contributed by atoms with Crippen LogP contribution in [0.2, 0.25) is 0 Å². The maximum atomic E-state index is 12.9. The van der Waals surface area contributed by atoms with Crippen molar-refractivity contribution in [1.82, 2.24) is 0 Å². The number of likely N-dealkylation sites (N-methyl/N-ethyl adjacent to an activating group) is 1. The van der Waals surface area contributed by atoms with Gasteiger partial charge in [-0.15, -0.1) is 0 Å². The van der Waals surface area contributed by atoms with Crippen molar-refractivity contribution >= 4 is 27.1 Å².